The molecule has 0 spiro atoms. The first kappa shape index (κ1) is 14.3. The number of nitrogens with zero attached hydrogens (tertiary/aromatic N) is 2. The average molecular weight is 314 g/mol. The van der Waals surface area contributed by atoms with Crippen LogP contribution in [0.25, 0.3) is 11.1 Å². The molecule has 1 aliphatic heterocycles. The number of carbonyl (C=O) groups excluding carboxylic acids is 2. The highest BCUT2D eigenvalue weighted by atomic mass is 16.2. The van der Waals surface area contributed by atoms with Crippen LogP contribution >= 0.6 is 0 Å². The molecular formula is C20H14N2O2. The minimum atomic E-state index is -0.475. The fourth-order valence-electron chi connectivity index (χ4n) is 2.94. The predicted octanol–water partition coefficient (Wildman–Crippen LogP) is 3.48. The van der Waals surface area contributed by atoms with Gasteiger partial charge in [-0.1, -0.05) is 42.5 Å². The molecule has 0 fully saturated rings. The molecule has 2 aromatic carbocycles. The summed E-state index contributed by atoms with van der Waals surface area (Å²) in [6.07, 6.45) is 3.44. The third-order valence-electron chi connectivity index (χ3n) is 4.15. The van der Waals surface area contributed by atoms with Gasteiger partial charge in [-0.25, -0.2) is 0 Å². The minimum absolute atomic E-state index is 0.394. The highest BCUT2D eigenvalue weighted by molar-refractivity contribution is 6.52. The Bertz CT molecular complexity index is 921. The Morgan fingerprint density at radius 1 is 0.875 bits per heavy atom. The molecule has 4 nitrogen and oxygen atoms in total. The molecule has 1 amide bonds. The number of Topliss-reactive ketones (excluding diaryl/α,β-unsaturated/α-hetero) is 1. The number of anilines is 1. The van der Waals surface area contributed by atoms with Crippen molar-refractivity contribution in [3.8, 4) is 11.1 Å². The van der Waals surface area contributed by atoms with Crippen LogP contribution in [0, 0.1) is 0 Å². The van der Waals surface area contributed by atoms with Gasteiger partial charge in [-0.3, -0.25) is 14.6 Å². The summed E-state index contributed by atoms with van der Waals surface area (Å²) >= 11 is 0. The highest BCUT2D eigenvalue weighted by Crippen LogP contribution is 2.33. The molecule has 0 unspecified atom stereocenters. The van der Waals surface area contributed by atoms with Crippen LogP contribution in [-0.2, 0) is 11.3 Å². The third-order valence-corrected chi connectivity index (χ3v) is 4.15. The number of pyridine rings is 1. The lowest BCUT2D eigenvalue weighted by Crippen LogP contribution is -2.29. The number of hydrogen-bond donors (Lipinski definition) is 0. The highest BCUT2D eigenvalue weighted by Gasteiger charge is 2.35. The van der Waals surface area contributed by atoms with Crippen molar-refractivity contribution in [3.63, 3.8) is 0 Å². The Labute approximate surface area is 139 Å². The van der Waals surface area contributed by atoms with E-state index < -0.39 is 11.7 Å². The monoisotopic (exact) mass is 314 g/mol. The van der Waals surface area contributed by atoms with Crippen LogP contribution in [0.3, 0.4) is 0 Å². The summed E-state index contributed by atoms with van der Waals surface area (Å²) in [6, 6.07) is 19.0. The third kappa shape index (κ3) is 2.38. The van der Waals surface area contributed by atoms with E-state index in [9.17, 15) is 9.59 Å². The average Bonchev–Trinajstić information content (AvgIpc) is 2.88. The Kier molecular flexibility index (Phi) is 3.43. The molecular weight excluding hydrogens is 300 g/mol. The van der Waals surface area contributed by atoms with E-state index in [0.717, 1.165) is 16.7 Å². The van der Waals surface area contributed by atoms with E-state index in [0.29, 0.717) is 17.8 Å². The molecule has 0 bridgehead atoms. The van der Waals surface area contributed by atoms with E-state index in [1.54, 1.807) is 23.4 Å². The zero-order valence-corrected chi connectivity index (χ0v) is 12.8. The summed E-state index contributed by atoms with van der Waals surface area (Å²) in [5.74, 6) is -0.927. The second kappa shape index (κ2) is 5.74. The van der Waals surface area contributed by atoms with Crippen LogP contribution in [0.2, 0.25) is 0 Å². The number of carbonyl (C=O) groups is 2. The van der Waals surface area contributed by atoms with Crippen molar-refractivity contribution in [2.75, 3.05) is 4.90 Å². The lowest BCUT2D eigenvalue weighted by Gasteiger charge is -2.16. The van der Waals surface area contributed by atoms with Crippen molar-refractivity contribution in [1.82, 2.24) is 4.98 Å². The van der Waals surface area contributed by atoms with Gasteiger partial charge >= 0.3 is 0 Å². The lowest BCUT2D eigenvalue weighted by molar-refractivity contribution is -0.114. The standard InChI is InChI=1S/C20H14N2O2/c23-19-17-11-15(16-7-4-10-21-12-16)8-9-18(17)22(20(19)24)13-14-5-2-1-3-6-14/h1-12H,13H2. The summed E-state index contributed by atoms with van der Waals surface area (Å²) in [5.41, 5.74) is 3.91. The van der Waals surface area contributed by atoms with Gasteiger partial charge in [0, 0.05) is 18.0 Å². The van der Waals surface area contributed by atoms with Crippen LogP contribution in [0.15, 0.2) is 73.1 Å². The van der Waals surface area contributed by atoms with Gasteiger partial charge in [-0.15, -0.1) is 0 Å². The van der Waals surface area contributed by atoms with Gasteiger partial charge < -0.3 is 4.90 Å². The van der Waals surface area contributed by atoms with Crippen molar-refractivity contribution >= 4 is 17.4 Å². The maximum absolute atomic E-state index is 12.4. The number of hydrogen-bond acceptors (Lipinski definition) is 3. The van der Waals surface area contributed by atoms with Gasteiger partial charge in [0.25, 0.3) is 11.7 Å². The first-order chi connectivity index (χ1) is 11.7. The van der Waals surface area contributed by atoms with E-state index in [2.05, 4.69) is 4.98 Å². The largest absolute Gasteiger partial charge is 0.300 e. The molecule has 0 atom stereocenters. The van der Waals surface area contributed by atoms with Gasteiger partial charge in [-0.05, 0) is 29.3 Å². The normalized spacial score (nSPS) is 13.2. The smallest absolute Gasteiger partial charge is 0.299 e. The van der Waals surface area contributed by atoms with Gasteiger partial charge in [-0.2, -0.15) is 0 Å². The quantitative estimate of drug-likeness (QED) is 0.695. The van der Waals surface area contributed by atoms with E-state index in [-0.39, 0.29) is 0 Å². The van der Waals surface area contributed by atoms with Crippen molar-refractivity contribution in [2.24, 2.45) is 0 Å². The Morgan fingerprint density at radius 2 is 1.71 bits per heavy atom. The van der Waals surface area contributed by atoms with E-state index in [1.165, 1.54) is 0 Å². The summed E-state index contributed by atoms with van der Waals surface area (Å²) in [5, 5.41) is 0. The molecule has 4 rings (SSSR count). The number of rotatable bonds is 3. The van der Waals surface area contributed by atoms with Crippen LogP contribution in [-0.4, -0.2) is 16.7 Å². The van der Waals surface area contributed by atoms with E-state index in [4.69, 9.17) is 0 Å². The predicted molar refractivity (Wildman–Crippen MR) is 91.6 cm³/mol. The molecule has 1 aliphatic rings. The Hall–Kier alpha value is -3.27. The Balaban J connectivity index is 1.73. The van der Waals surface area contributed by atoms with Gasteiger partial charge in [0.05, 0.1) is 17.8 Å². The minimum Gasteiger partial charge on any atom is -0.300 e. The molecule has 4 heteroatoms. The molecule has 0 saturated heterocycles. The van der Waals surface area contributed by atoms with Crippen molar-refractivity contribution in [2.45, 2.75) is 6.54 Å². The maximum atomic E-state index is 12.4. The maximum Gasteiger partial charge on any atom is 0.299 e. The van der Waals surface area contributed by atoms with Crippen LogP contribution < -0.4 is 4.90 Å². The summed E-state index contributed by atoms with van der Waals surface area (Å²) in [4.78, 5) is 30.4. The van der Waals surface area contributed by atoms with E-state index >= 15 is 0 Å². The lowest BCUT2D eigenvalue weighted by atomic mass is 10.0. The number of amides is 1. The van der Waals surface area contributed by atoms with Crippen LogP contribution in [0.4, 0.5) is 5.69 Å². The summed E-state index contributed by atoms with van der Waals surface area (Å²) in [6.45, 7) is 0.394. The van der Waals surface area contributed by atoms with Crippen LogP contribution in [0.5, 0.6) is 0 Å². The molecule has 0 radical (unpaired) electrons. The molecule has 2 heterocycles. The second-order valence-electron chi connectivity index (χ2n) is 5.68. The molecule has 0 saturated carbocycles. The Morgan fingerprint density at radius 3 is 2.46 bits per heavy atom. The van der Waals surface area contributed by atoms with Crippen LogP contribution in [0.1, 0.15) is 15.9 Å². The number of aromatic nitrogens is 1. The molecule has 0 aliphatic carbocycles. The summed E-state index contributed by atoms with van der Waals surface area (Å²) < 4.78 is 0. The molecule has 24 heavy (non-hydrogen) atoms. The van der Waals surface area contributed by atoms with Crippen molar-refractivity contribution < 1.29 is 9.59 Å². The SMILES string of the molecule is O=C1C(=O)N(Cc2ccccc2)c2ccc(-c3cccnc3)cc21. The van der Waals surface area contributed by atoms with Crippen molar-refractivity contribution in [1.29, 1.82) is 0 Å². The van der Waals surface area contributed by atoms with Gasteiger partial charge in [0.2, 0.25) is 0 Å². The second-order valence-corrected chi connectivity index (χ2v) is 5.68. The first-order valence-electron chi connectivity index (χ1n) is 7.68. The van der Waals surface area contributed by atoms with Crippen molar-refractivity contribution in [3.05, 3.63) is 84.2 Å². The fraction of sp³-hybridized carbons (Fsp3) is 0.0500. The fourth-order valence-corrected chi connectivity index (χ4v) is 2.94. The number of fused-ring (bicyclic) bond motifs is 1. The zero-order chi connectivity index (χ0) is 16.5. The number of benzene rings is 2. The molecule has 0 N–H and O–H groups in total. The first-order valence-corrected chi connectivity index (χ1v) is 7.68. The number of ketones is 1. The van der Waals surface area contributed by atoms with Gasteiger partial charge in [0.1, 0.15) is 0 Å². The topological polar surface area (TPSA) is 50.3 Å². The van der Waals surface area contributed by atoms with E-state index in [1.807, 2.05) is 54.6 Å². The van der Waals surface area contributed by atoms with Gasteiger partial charge in [0.15, 0.2) is 0 Å². The molecule has 116 valence electrons. The molecule has 3 aromatic rings. The molecule has 1 aromatic heterocycles. The summed E-state index contributed by atoms with van der Waals surface area (Å²) in [7, 11) is 0. The zero-order valence-electron chi connectivity index (χ0n) is 12.8.